The van der Waals surface area contributed by atoms with Crippen LogP contribution in [0.2, 0.25) is 0 Å². The third-order valence-corrected chi connectivity index (χ3v) is 2.89. The molecule has 100 valence electrons. The number of nitrogens with one attached hydrogen (secondary N) is 1. The molecule has 0 bridgehead atoms. The first-order valence-corrected chi connectivity index (χ1v) is 5.61. The van der Waals surface area contributed by atoms with E-state index in [0.717, 1.165) is 4.90 Å². The largest absolute Gasteiger partial charge is 0.302 e. The highest BCUT2D eigenvalue weighted by atomic mass is 19.1. The molecule has 0 unspecified atom stereocenters. The van der Waals surface area contributed by atoms with Crippen LogP contribution in [0.5, 0.6) is 0 Å². The molecule has 0 saturated heterocycles. The number of ketones is 1. The molecule has 2 rings (SSSR count). The molecule has 0 fully saturated rings. The van der Waals surface area contributed by atoms with Crippen molar-refractivity contribution in [1.29, 1.82) is 0 Å². The van der Waals surface area contributed by atoms with Gasteiger partial charge in [0.2, 0.25) is 5.91 Å². The monoisotopic (exact) mass is 265 g/mol. The van der Waals surface area contributed by atoms with Gasteiger partial charge in [0.05, 0.1) is 11.3 Å². The molecule has 0 radical (unpaired) electrons. The summed E-state index contributed by atoms with van der Waals surface area (Å²) in [6, 6.07) is 2.70. The van der Waals surface area contributed by atoms with Crippen molar-refractivity contribution in [3.8, 4) is 0 Å². The first-order valence-electron chi connectivity index (χ1n) is 5.61. The molecule has 1 heterocycles. The summed E-state index contributed by atoms with van der Waals surface area (Å²) in [6.07, 6.45) is -0.109. The Morgan fingerprint density at radius 1 is 1.42 bits per heavy atom. The molecule has 1 aliphatic rings. The van der Waals surface area contributed by atoms with Crippen molar-refractivity contribution in [2.45, 2.75) is 13.3 Å². The Kier molecular flexibility index (Phi) is 3.30. The molecule has 1 aromatic rings. The molecule has 1 aliphatic heterocycles. The number of amides is 2. The molecule has 0 atom stereocenters. The number of hydrazine groups is 1. The molecule has 0 saturated carbocycles. The maximum atomic E-state index is 13.9. The molecule has 3 N–H and O–H groups in total. The van der Waals surface area contributed by atoms with Crippen LogP contribution in [0.3, 0.4) is 0 Å². The van der Waals surface area contributed by atoms with Gasteiger partial charge in [-0.05, 0) is 24.6 Å². The first-order chi connectivity index (χ1) is 8.95. The first kappa shape index (κ1) is 13.2. The van der Waals surface area contributed by atoms with Crippen LogP contribution >= 0.6 is 0 Å². The number of hydrogen-bond acceptors (Lipinski definition) is 4. The van der Waals surface area contributed by atoms with Crippen molar-refractivity contribution in [3.05, 3.63) is 29.1 Å². The Morgan fingerprint density at radius 3 is 2.74 bits per heavy atom. The van der Waals surface area contributed by atoms with Crippen molar-refractivity contribution < 1.29 is 18.8 Å². The molecule has 19 heavy (non-hydrogen) atoms. The fourth-order valence-electron chi connectivity index (χ4n) is 2.02. The van der Waals surface area contributed by atoms with Crippen LogP contribution in [0.15, 0.2) is 12.1 Å². The topological polar surface area (TPSA) is 92.5 Å². The van der Waals surface area contributed by atoms with Gasteiger partial charge in [-0.2, -0.15) is 0 Å². The molecule has 7 heteroatoms. The Hall–Kier alpha value is -2.28. The van der Waals surface area contributed by atoms with E-state index in [1.165, 1.54) is 12.1 Å². The van der Waals surface area contributed by atoms with Gasteiger partial charge in [0, 0.05) is 13.0 Å². The molecule has 1 aromatic carbocycles. The lowest BCUT2D eigenvalue weighted by atomic mass is 10.1. The Bertz CT molecular complexity index is 586. The number of Topliss-reactive ketones (excluding diaryl/α,β-unsaturated/α-hetero) is 1. The zero-order valence-electron chi connectivity index (χ0n) is 10.2. The van der Waals surface area contributed by atoms with Crippen molar-refractivity contribution in [3.63, 3.8) is 0 Å². The van der Waals surface area contributed by atoms with E-state index < -0.39 is 23.4 Å². The van der Waals surface area contributed by atoms with Crippen molar-refractivity contribution in [2.75, 3.05) is 11.4 Å². The minimum absolute atomic E-state index is 0.0376. The van der Waals surface area contributed by atoms with E-state index in [0.29, 0.717) is 5.56 Å². The lowest BCUT2D eigenvalue weighted by Gasteiger charge is -2.16. The molecule has 6 nitrogen and oxygen atoms in total. The molecule has 0 spiro atoms. The van der Waals surface area contributed by atoms with Crippen LogP contribution in [0.1, 0.15) is 22.3 Å². The minimum Gasteiger partial charge on any atom is -0.302 e. The van der Waals surface area contributed by atoms with E-state index in [4.69, 9.17) is 5.84 Å². The summed E-state index contributed by atoms with van der Waals surface area (Å²) >= 11 is 0. The quantitative estimate of drug-likeness (QED) is 0.349. The predicted molar refractivity (Wildman–Crippen MR) is 64.8 cm³/mol. The van der Waals surface area contributed by atoms with Gasteiger partial charge >= 0.3 is 0 Å². The van der Waals surface area contributed by atoms with E-state index in [1.807, 2.05) is 5.43 Å². The maximum absolute atomic E-state index is 13.9. The standard InChI is InChI=1S/C12H12FN3O3/c1-6-4-7-10(8(13)5-6)16(12(19)11(7)18)3-2-9(17)15-14/h4-5H,2-3,14H2,1H3,(H,15,17). The highest BCUT2D eigenvalue weighted by Gasteiger charge is 2.38. The molecular weight excluding hydrogens is 253 g/mol. The van der Waals surface area contributed by atoms with Gasteiger partial charge in [-0.1, -0.05) is 0 Å². The second-order valence-electron chi connectivity index (χ2n) is 4.25. The van der Waals surface area contributed by atoms with Crippen molar-refractivity contribution >= 4 is 23.3 Å². The third kappa shape index (κ3) is 2.19. The summed E-state index contributed by atoms with van der Waals surface area (Å²) in [4.78, 5) is 35.5. The summed E-state index contributed by atoms with van der Waals surface area (Å²) in [5.74, 6) is 2.18. The number of fused-ring (bicyclic) bond motifs is 1. The van der Waals surface area contributed by atoms with Crippen molar-refractivity contribution in [1.82, 2.24) is 5.43 Å². The smallest absolute Gasteiger partial charge is 0.299 e. The zero-order valence-corrected chi connectivity index (χ0v) is 10.2. The fourth-order valence-corrected chi connectivity index (χ4v) is 2.02. The number of anilines is 1. The average Bonchev–Trinajstić information content (AvgIpc) is 2.60. The second-order valence-corrected chi connectivity index (χ2v) is 4.25. The average molecular weight is 265 g/mol. The number of aryl methyl sites for hydroxylation is 1. The van der Waals surface area contributed by atoms with Crippen LogP contribution < -0.4 is 16.2 Å². The number of nitrogens with two attached hydrogens (primary N) is 1. The molecule has 0 aromatic heterocycles. The lowest BCUT2D eigenvalue weighted by Crippen LogP contribution is -2.36. The van der Waals surface area contributed by atoms with Crippen molar-refractivity contribution in [2.24, 2.45) is 5.84 Å². The van der Waals surface area contributed by atoms with E-state index in [2.05, 4.69) is 0 Å². The third-order valence-electron chi connectivity index (χ3n) is 2.89. The van der Waals surface area contributed by atoms with Crippen LogP contribution in [0.4, 0.5) is 10.1 Å². The highest BCUT2D eigenvalue weighted by Crippen LogP contribution is 2.32. The number of halogens is 1. The number of benzene rings is 1. The SMILES string of the molecule is Cc1cc(F)c2c(c1)C(=O)C(=O)N2CCC(=O)NN. The Labute approximate surface area is 108 Å². The summed E-state index contributed by atoms with van der Waals surface area (Å²) in [5, 5.41) is 0. The van der Waals surface area contributed by atoms with Crippen LogP contribution in [0, 0.1) is 12.7 Å². The zero-order chi connectivity index (χ0) is 14.2. The van der Waals surface area contributed by atoms with Crippen LogP contribution in [0.25, 0.3) is 0 Å². The molecule has 0 aliphatic carbocycles. The highest BCUT2D eigenvalue weighted by molar-refractivity contribution is 6.52. The van der Waals surface area contributed by atoms with E-state index in [1.54, 1.807) is 6.92 Å². The van der Waals surface area contributed by atoms with Crippen LogP contribution in [-0.2, 0) is 9.59 Å². The van der Waals surface area contributed by atoms with Gasteiger partial charge < -0.3 is 4.90 Å². The van der Waals surface area contributed by atoms with Crippen LogP contribution in [-0.4, -0.2) is 24.1 Å². The summed E-state index contributed by atoms with van der Waals surface area (Å²) in [5.41, 5.74) is 2.43. The number of hydrogen-bond donors (Lipinski definition) is 2. The normalized spacial score (nSPS) is 13.7. The number of carbonyl (C=O) groups is 3. The fraction of sp³-hybridized carbons (Fsp3) is 0.250. The van der Waals surface area contributed by atoms with Gasteiger partial charge in [-0.25, -0.2) is 10.2 Å². The van der Waals surface area contributed by atoms with E-state index >= 15 is 0 Å². The summed E-state index contributed by atoms with van der Waals surface area (Å²) in [7, 11) is 0. The summed E-state index contributed by atoms with van der Waals surface area (Å²) < 4.78 is 13.9. The molecule has 2 amide bonds. The maximum Gasteiger partial charge on any atom is 0.299 e. The van der Waals surface area contributed by atoms with E-state index in [9.17, 15) is 18.8 Å². The Morgan fingerprint density at radius 2 is 2.11 bits per heavy atom. The van der Waals surface area contributed by atoms with Gasteiger partial charge in [0.1, 0.15) is 5.82 Å². The van der Waals surface area contributed by atoms with Gasteiger partial charge in [0.15, 0.2) is 0 Å². The number of nitrogens with zero attached hydrogens (tertiary/aromatic N) is 1. The number of carbonyl (C=O) groups excluding carboxylic acids is 3. The van der Waals surface area contributed by atoms with Gasteiger partial charge in [-0.15, -0.1) is 0 Å². The van der Waals surface area contributed by atoms with Gasteiger partial charge in [-0.3, -0.25) is 19.8 Å². The molecular formula is C12H12FN3O3. The summed E-state index contributed by atoms with van der Waals surface area (Å²) in [6.45, 7) is 1.53. The minimum atomic E-state index is -0.829. The van der Waals surface area contributed by atoms with Gasteiger partial charge in [0.25, 0.3) is 11.7 Å². The number of rotatable bonds is 3. The predicted octanol–water partition coefficient (Wildman–Crippen LogP) is 0.0434. The van der Waals surface area contributed by atoms with E-state index in [-0.39, 0.29) is 24.2 Å². The Balaban J connectivity index is 2.36. The second kappa shape index (κ2) is 4.77. The lowest BCUT2D eigenvalue weighted by molar-refractivity contribution is -0.121.